The summed E-state index contributed by atoms with van der Waals surface area (Å²) in [6.07, 6.45) is 7.63. The number of carbonyl (C=O) groups is 1. The van der Waals surface area contributed by atoms with Gasteiger partial charge in [0.15, 0.2) is 0 Å². The van der Waals surface area contributed by atoms with Gasteiger partial charge in [-0.1, -0.05) is 56.2 Å². The predicted octanol–water partition coefficient (Wildman–Crippen LogP) is 6.88. The van der Waals surface area contributed by atoms with Crippen molar-refractivity contribution in [1.82, 2.24) is 4.57 Å². The zero-order valence-electron chi connectivity index (χ0n) is 17.2. The highest BCUT2D eigenvalue weighted by atomic mass is 16.1. The topological polar surface area (TPSA) is 22.0 Å². The maximum Gasteiger partial charge on any atom is 0.135 e. The van der Waals surface area contributed by atoms with Crippen molar-refractivity contribution in [3.05, 3.63) is 60.2 Å². The highest BCUT2D eigenvalue weighted by Gasteiger charge is 2.22. The highest BCUT2D eigenvalue weighted by Crippen LogP contribution is 2.36. The molecule has 0 saturated heterocycles. The van der Waals surface area contributed by atoms with Gasteiger partial charge in [-0.15, -0.1) is 0 Å². The van der Waals surface area contributed by atoms with Crippen molar-refractivity contribution in [2.45, 2.75) is 57.8 Å². The fourth-order valence-corrected chi connectivity index (χ4v) is 4.93. The van der Waals surface area contributed by atoms with Gasteiger partial charge in [0.2, 0.25) is 0 Å². The number of carbonyl (C=O) groups excluding carboxylic acids is 1. The van der Waals surface area contributed by atoms with E-state index in [2.05, 4.69) is 66.2 Å². The molecule has 0 amide bonds. The van der Waals surface area contributed by atoms with Crippen LogP contribution in [0.3, 0.4) is 0 Å². The summed E-state index contributed by atoms with van der Waals surface area (Å²) in [4.78, 5) is 12.2. The number of para-hydroxylation sites is 1. The molecular formula is C26H31NO. The summed E-state index contributed by atoms with van der Waals surface area (Å²) < 4.78 is 2.29. The minimum atomic E-state index is 0.286. The molecule has 1 aromatic heterocycles. The number of hydrogen-bond acceptors (Lipinski definition) is 1. The Morgan fingerprint density at radius 1 is 0.964 bits per heavy atom. The number of nitrogens with zero attached hydrogens (tertiary/aromatic N) is 1. The van der Waals surface area contributed by atoms with Gasteiger partial charge in [-0.3, -0.25) is 4.79 Å². The molecule has 0 bridgehead atoms. The number of aromatic nitrogens is 1. The van der Waals surface area contributed by atoms with Crippen LogP contribution in [-0.2, 0) is 11.8 Å². The fraction of sp³-hybridized carbons (Fsp3) is 0.423. The van der Waals surface area contributed by atoms with E-state index < -0.39 is 0 Å². The second kappa shape index (κ2) is 8.34. The number of Topliss-reactive ketones (excluding diaryl/α,β-unsaturated/α-hetero) is 1. The number of aryl methyl sites for hydroxylation is 1. The van der Waals surface area contributed by atoms with E-state index in [0.717, 1.165) is 19.3 Å². The summed E-state index contributed by atoms with van der Waals surface area (Å²) in [7, 11) is 2.15. The molecule has 0 aliphatic heterocycles. The quantitative estimate of drug-likeness (QED) is 0.488. The van der Waals surface area contributed by atoms with Crippen LogP contribution >= 0.6 is 0 Å². The summed E-state index contributed by atoms with van der Waals surface area (Å²) in [5, 5.41) is 1.29. The second-order valence-electron chi connectivity index (χ2n) is 8.35. The summed E-state index contributed by atoms with van der Waals surface area (Å²) in [6, 6.07) is 20.0. The Balaban J connectivity index is 1.60. The standard InChI is InChI=1S/C26H31NO/c1-3-26(28)20-10-5-4-9-19(15-16-20)21-12-8-13-22(17-21)25-18-23-11-6-7-14-24(23)27(25)2/h6-8,11-14,17-20H,3-5,9-10,15-16H2,1-2H3. The summed E-state index contributed by atoms with van der Waals surface area (Å²) in [6.45, 7) is 2.01. The SMILES string of the molecule is CCC(=O)C1CCCCC(c2cccc(-c3cc4ccccc4n3C)c2)CC1. The third kappa shape index (κ3) is 3.78. The van der Waals surface area contributed by atoms with E-state index in [0.29, 0.717) is 18.1 Å². The Morgan fingerprint density at radius 2 is 1.79 bits per heavy atom. The molecule has 2 nitrogen and oxygen atoms in total. The molecule has 2 aromatic carbocycles. The van der Waals surface area contributed by atoms with E-state index in [9.17, 15) is 4.79 Å². The van der Waals surface area contributed by atoms with Crippen molar-refractivity contribution < 1.29 is 4.79 Å². The molecule has 1 saturated carbocycles. The van der Waals surface area contributed by atoms with Gasteiger partial charge in [0.1, 0.15) is 5.78 Å². The summed E-state index contributed by atoms with van der Waals surface area (Å²) >= 11 is 0. The van der Waals surface area contributed by atoms with Crippen LogP contribution in [0.4, 0.5) is 0 Å². The molecule has 2 heteroatoms. The largest absolute Gasteiger partial charge is 0.344 e. The predicted molar refractivity (Wildman–Crippen MR) is 118 cm³/mol. The molecule has 1 fully saturated rings. The van der Waals surface area contributed by atoms with Gasteiger partial charge in [-0.25, -0.2) is 0 Å². The van der Waals surface area contributed by atoms with Crippen LogP contribution in [0.2, 0.25) is 0 Å². The fourth-order valence-electron chi connectivity index (χ4n) is 4.93. The summed E-state index contributed by atoms with van der Waals surface area (Å²) in [5.74, 6) is 1.32. The van der Waals surface area contributed by atoms with Gasteiger partial charge in [0.05, 0.1) is 0 Å². The Morgan fingerprint density at radius 3 is 2.61 bits per heavy atom. The molecule has 1 aliphatic rings. The van der Waals surface area contributed by atoms with Crippen LogP contribution in [0.25, 0.3) is 22.2 Å². The average Bonchev–Trinajstić information content (AvgIpc) is 3.05. The van der Waals surface area contributed by atoms with Crippen LogP contribution in [0.15, 0.2) is 54.6 Å². The van der Waals surface area contributed by atoms with Gasteiger partial charge < -0.3 is 4.57 Å². The minimum absolute atomic E-state index is 0.286. The Hall–Kier alpha value is -2.35. The minimum Gasteiger partial charge on any atom is -0.344 e. The van der Waals surface area contributed by atoms with Crippen LogP contribution in [-0.4, -0.2) is 10.4 Å². The average molecular weight is 374 g/mol. The van der Waals surface area contributed by atoms with Crippen LogP contribution in [0.1, 0.15) is 63.4 Å². The van der Waals surface area contributed by atoms with E-state index >= 15 is 0 Å². The molecule has 146 valence electrons. The zero-order valence-corrected chi connectivity index (χ0v) is 17.2. The van der Waals surface area contributed by atoms with E-state index in [1.165, 1.54) is 47.0 Å². The van der Waals surface area contributed by atoms with E-state index in [1.807, 2.05) is 6.92 Å². The van der Waals surface area contributed by atoms with Crippen molar-refractivity contribution in [3.8, 4) is 11.3 Å². The lowest BCUT2D eigenvalue weighted by atomic mass is 9.80. The highest BCUT2D eigenvalue weighted by molar-refractivity contribution is 5.87. The van der Waals surface area contributed by atoms with Crippen molar-refractivity contribution in [3.63, 3.8) is 0 Å². The van der Waals surface area contributed by atoms with Crippen LogP contribution < -0.4 is 0 Å². The lowest BCUT2D eigenvalue weighted by molar-refractivity contribution is -0.123. The molecule has 0 N–H and O–H groups in total. The lowest BCUT2D eigenvalue weighted by Crippen LogP contribution is -2.17. The second-order valence-corrected chi connectivity index (χ2v) is 8.35. The molecule has 1 heterocycles. The Kier molecular flexibility index (Phi) is 5.66. The molecule has 4 rings (SSSR count). The van der Waals surface area contributed by atoms with Crippen LogP contribution in [0, 0.1) is 5.92 Å². The Labute approximate surface area is 168 Å². The van der Waals surface area contributed by atoms with Gasteiger partial charge in [0, 0.05) is 36.0 Å². The van der Waals surface area contributed by atoms with E-state index in [1.54, 1.807) is 0 Å². The first-order valence-electron chi connectivity index (χ1n) is 10.8. The van der Waals surface area contributed by atoms with Crippen molar-refractivity contribution in [2.75, 3.05) is 0 Å². The third-order valence-electron chi connectivity index (χ3n) is 6.63. The molecule has 3 aromatic rings. The molecule has 28 heavy (non-hydrogen) atoms. The van der Waals surface area contributed by atoms with Crippen molar-refractivity contribution in [1.29, 1.82) is 0 Å². The number of fused-ring (bicyclic) bond motifs is 1. The molecule has 2 atom stereocenters. The number of ketones is 1. The smallest absolute Gasteiger partial charge is 0.135 e. The first-order chi connectivity index (χ1) is 13.7. The molecular weight excluding hydrogens is 342 g/mol. The van der Waals surface area contributed by atoms with Gasteiger partial charge in [-0.2, -0.15) is 0 Å². The molecule has 0 spiro atoms. The van der Waals surface area contributed by atoms with Gasteiger partial charge in [-0.05, 0) is 60.9 Å². The van der Waals surface area contributed by atoms with E-state index in [-0.39, 0.29) is 5.92 Å². The maximum absolute atomic E-state index is 12.2. The third-order valence-corrected chi connectivity index (χ3v) is 6.63. The number of benzene rings is 2. The maximum atomic E-state index is 12.2. The first-order valence-corrected chi connectivity index (χ1v) is 10.8. The van der Waals surface area contributed by atoms with Crippen LogP contribution in [0.5, 0.6) is 0 Å². The first kappa shape index (κ1) is 19.0. The van der Waals surface area contributed by atoms with E-state index in [4.69, 9.17) is 0 Å². The lowest BCUT2D eigenvalue weighted by Gasteiger charge is -2.25. The molecule has 1 aliphatic carbocycles. The van der Waals surface area contributed by atoms with Gasteiger partial charge in [0.25, 0.3) is 0 Å². The normalized spacial score (nSPS) is 20.6. The number of rotatable bonds is 4. The van der Waals surface area contributed by atoms with Crippen molar-refractivity contribution >= 4 is 16.7 Å². The monoisotopic (exact) mass is 373 g/mol. The Bertz CT molecular complexity index is 967. The summed E-state index contributed by atoms with van der Waals surface area (Å²) in [5.41, 5.74) is 5.27. The van der Waals surface area contributed by atoms with Crippen molar-refractivity contribution in [2.24, 2.45) is 13.0 Å². The molecule has 0 radical (unpaired) electrons. The zero-order chi connectivity index (χ0) is 19.5. The van der Waals surface area contributed by atoms with Gasteiger partial charge >= 0.3 is 0 Å². The number of hydrogen-bond donors (Lipinski definition) is 0. The molecule has 2 unspecified atom stereocenters.